The van der Waals surface area contributed by atoms with Crippen LogP contribution < -0.4 is 5.32 Å². The van der Waals surface area contributed by atoms with Gasteiger partial charge in [0.15, 0.2) is 0 Å². The summed E-state index contributed by atoms with van der Waals surface area (Å²) in [5.41, 5.74) is 3.67. The van der Waals surface area contributed by atoms with Crippen LogP contribution in [-0.4, -0.2) is 66.0 Å². The minimum absolute atomic E-state index is 0.0633. The fraction of sp³-hybridized carbons (Fsp3) is 0.526. The van der Waals surface area contributed by atoms with Gasteiger partial charge < -0.3 is 19.7 Å². The van der Waals surface area contributed by atoms with Crippen LogP contribution in [0.3, 0.4) is 0 Å². The third-order valence-electron chi connectivity index (χ3n) is 5.04. The molecule has 1 amide bonds. The van der Waals surface area contributed by atoms with E-state index >= 15 is 0 Å². The monoisotopic (exact) mass is 345 g/mol. The van der Waals surface area contributed by atoms with Crippen LogP contribution in [0.15, 0.2) is 24.3 Å². The number of carbonyl (C=O) groups excluding carboxylic acids is 1. The second-order valence-electron chi connectivity index (χ2n) is 6.67. The smallest absolute Gasteiger partial charge is 0.246 e. The Bertz CT molecular complexity index is 735. The first kappa shape index (κ1) is 17.9. The molecule has 0 bridgehead atoms. The molecule has 6 nitrogen and oxygen atoms in total. The number of benzene rings is 1. The highest BCUT2D eigenvalue weighted by atomic mass is 16.5. The van der Waals surface area contributed by atoms with Gasteiger partial charge in [-0.05, 0) is 25.5 Å². The Morgan fingerprint density at radius 3 is 2.68 bits per heavy atom. The zero-order chi connectivity index (χ0) is 17.8. The maximum Gasteiger partial charge on any atom is 0.246 e. The molecule has 1 aromatic heterocycles. The Balaban J connectivity index is 1.84. The van der Waals surface area contributed by atoms with Gasteiger partial charge in [-0.2, -0.15) is 0 Å². The van der Waals surface area contributed by atoms with Crippen LogP contribution in [0.4, 0.5) is 0 Å². The number of fused-ring (bicyclic) bond motifs is 1. The normalized spacial score (nSPS) is 16.9. The molecule has 2 aromatic rings. The van der Waals surface area contributed by atoms with Crippen molar-refractivity contribution in [3.8, 4) is 0 Å². The number of aryl methyl sites for hydroxylation is 1. The van der Waals surface area contributed by atoms with Crippen LogP contribution in [-0.2, 0) is 16.1 Å². The average molecular weight is 345 g/mol. The van der Waals surface area contributed by atoms with E-state index in [1.54, 1.807) is 0 Å². The van der Waals surface area contributed by atoms with Crippen LogP contribution in [0.5, 0.6) is 0 Å². The van der Waals surface area contributed by atoms with Gasteiger partial charge in [0.1, 0.15) is 6.61 Å². The molecule has 1 unspecified atom stereocenters. The summed E-state index contributed by atoms with van der Waals surface area (Å²) in [6, 6.07) is 8.29. The van der Waals surface area contributed by atoms with Crippen molar-refractivity contribution in [2.45, 2.75) is 26.4 Å². The molecule has 3 rings (SSSR count). The number of morpholine rings is 1. The number of carbonyl (C=O) groups is 1. The molecule has 1 fully saturated rings. The van der Waals surface area contributed by atoms with Crippen molar-refractivity contribution in [3.05, 3.63) is 35.5 Å². The number of rotatable bonds is 6. The van der Waals surface area contributed by atoms with Gasteiger partial charge in [0, 0.05) is 42.8 Å². The molecule has 1 aliphatic rings. The van der Waals surface area contributed by atoms with E-state index in [9.17, 15) is 4.79 Å². The fourth-order valence-corrected chi connectivity index (χ4v) is 3.58. The third-order valence-corrected chi connectivity index (χ3v) is 5.04. The summed E-state index contributed by atoms with van der Waals surface area (Å²) in [5, 5.41) is 13.4. The van der Waals surface area contributed by atoms with E-state index in [1.807, 2.05) is 6.07 Å². The van der Waals surface area contributed by atoms with Crippen molar-refractivity contribution in [1.82, 2.24) is 14.8 Å². The second-order valence-corrected chi connectivity index (χ2v) is 6.67. The molecule has 2 heterocycles. The molecule has 1 aliphatic heterocycles. The van der Waals surface area contributed by atoms with Crippen molar-refractivity contribution >= 4 is 16.8 Å². The van der Waals surface area contributed by atoms with Crippen LogP contribution in [0.1, 0.15) is 11.3 Å². The first-order chi connectivity index (χ1) is 12.1. The number of nitrogens with zero attached hydrogens (tertiary/aromatic N) is 2. The summed E-state index contributed by atoms with van der Waals surface area (Å²) >= 11 is 0. The lowest BCUT2D eigenvalue weighted by Crippen LogP contribution is -2.49. The van der Waals surface area contributed by atoms with Gasteiger partial charge in [0.05, 0.1) is 19.3 Å². The molecule has 0 aliphatic carbocycles. The topological polar surface area (TPSA) is 66.7 Å². The fourth-order valence-electron chi connectivity index (χ4n) is 3.58. The first-order valence-electron chi connectivity index (χ1n) is 8.85. The SMILES string of the molecule is Cc1c(C)n(CC(CN2CCOCC2)NC(=O)CO)c2ccccc12. The predicted octanol–water partition coefficient (Wildman–Crippen LogP) is 1.07. The molecular formula is C19H27N3O3. The van der Waals surface area contributed by atoms with Gasteiger partial charge in [-0.1, -0.05) is 18.2 Å². The summed E-state index contributed by atoms with van der Waals surface area (Å²) in [4.78, 5) is 14.1. The van der Waals surface area contributed by atoms with E-state index in [1.165, 1.54) is 22.2 Å². The summed E-state index contributed by atoms with van der Waals surface area (Å²) < 4.78 is 7.68. The average Bonchev–Trinajstić information content (AvgIpc) is 2.87. The summed E-state index contributed by atoms with van der Waals surface area (Å²) in [6.07, 6.45) is 0. The van der Waals surface area contributed by atoms with E-state index < -0.39 is 6.61 Å². The first-order valence-corrected chi connectivity index (χ1v) is 8.85. The molecular weight excluding hydrogens is 318 g/mol. The van der Waals surface area contributed by atoms with Gasteiger partial charge in [0.2, 0.25) is 5.91 Å². The molecule has 6 heteroatoms. The van der Waals surface area contributed by atoms with E-state index in [0.29, 0.717) is 6.54 Å². The second kappa shape index (κ2) is 7.99. The van der Waals surface area contributed by atoms with Crippen molar-refractivity contribution in [3.63, 3.8) is 0 Å². The Labute approximate surface area is 148 Å². The highest BCUT2D eigenvalue weighted by Crippen LogP contribution is 2.25. The summed E-state index contributed by atoms with van der Waals surface area (Å²) in [5.74, 6) is -0.330. The number of aliphatic hydroxyl groups is 1. The maximum absolute atomic E-state index is 11.8. The highest BCUT2D eigenvalue weighted by molar-refractivity contribution is 5.85. The van der Waals surface area contributed by atoms with Gasteiger partial charge >= 0.3 is 0 Å². The molecule has 25 heavy (non-hydrogen) atoms. The van der Waals surface area contributed by atoms with Crippen LogP contribution in [0.25, 0.3) is 10.9 Å². The minimum atomic E-state index is -0.482. The molecule has 0 radical (unpaired) electrons. The minimum Gasteiger partial charge on any atom is -0.387 e. The van der Waals surface area contributed by atoms with E-state index in [0.717, 1.165) is 32.8 Å². The molecule has 1 atom stereocenters. The van der Waals surface area contributed by atoms with Gasteiger partial charge in [0.25, 0.3) is 0 Å². The Morgan fingerprint density at radius 2 is 1.96 bits per heavy atom. The van der Waals surface area contributed by atoms with Crippen molar-refractivity contribution in [2.75, 3.05) is 39.5 Å². The zero-order valence-electron chi connectivity index (χ0n) is 15.0. The Kier molecular flexibility index (Phi) is 5.73. The van der Waals surface area contributed by atoms with E-state index in [4.69, 9.17) is 9.84 Å². The van der Waals surface area contributed by atoms with Gasteiger partial charge in [-0.3, -0.25) is 9.69 Å². The summed E-state index contributed by atoms with van der Waals surface area (Å²) in [6.45, 7) is 8.40. The molecule has 0 spiro atoms. The lowest BCUT2D eigenvalue weighted by molar-refractivity contribution is -0.124. The van der Waals surface area contributed by atoms with E-state index in [-0.39, 0.29) is 11.9 Å². The van der Waals surface area contributed by atoms with Gasteiger partial charge in [-0.25, -0.2) is 0 Å². The predicted molar refractivity (Wildman–Crippen MR) is 97.7 cm³/mol. The lowest BCUT2D eigenvalue weighted by atomic mass is 10.2. The van der Waals surface area contributed by atoms with Crippen LogP contribution >= 0.6 is 0 Å². The highest BCUT2D eigenvalue weighted by Gasteiger charge is 2.21. The standard InChI is InChI=1S/C19H27N3O3/c1-14-15(2)22(18-6-4-3-5-17(14)18)12-16(20-19(24)13-23)11-21-7-9-25-10-8-21/h3-6,16,23H,7-13H2,1-2H3,(H,20,24). The lowest BCUT2D eigenvalue weighted by Gasteiger charge is -2.31. The van der Waals surface area contributed by atoms with E-state index in [2.05, 4.69) is 46.8 Å². The number of ether oxygens (including phenoxy) is 1. The number of amides is 1. The van der Waals surface area contributed by atoms with Crippen molar-refractivity contribution < 1.29 is 14.6 Å². The van der Waals surface area contributed by atoms with Crippen LogP contribution in [0, 0.1) is 13.8 Å². The van der Waals surface area contributed by atoms with Crippen molar-refractivity contribution in [2.24, 2.45) is 0 Å². The third kappa shape index (κ3) is 4.03. The zero-order valence-corrected chi connectivity index (χ0v) is 15.0. The largest absolute Gasteiger partial charge is 0.387 e. The summed E-state index contributed by atoms with van der Waals surface area (Å²) in [7, 11) is 0. The number of hydrogen-bond acceptors (Lipinski definition) is 4. The number of hydrogen-bond donors (Lipinski definition) is 2. The number of para-hydroxylation sites is 1. The van der Waals surface area contributed by atoms with Crippen LogP contribution in [0.2, 0.25) is 0 Å². The molecule has 136 valence electrons. The molecule has 2 N–H and O–H groups in total. The van der Waals surface area contributed by atoms with Gasteiger partial charge in [-0.15, -0.1) is 0 Å². The Hall–Kier alpha value is -1.89. The number of nitrogens with one attached hydrogen (secondary N) is 1. The molecule has 0 saturated carbocycles. The number of aromatic nitrogens is 1. The molecule has 1 saturated heterocycles. The quantitative estimate of drug-likeness (QED) is 0.822. The Morgan fingerprint density at radius 1 is 1.24 bits per heavy atom. The maximum atomic E-state index is 11.8. The molecule has 1 aromatic carbocycles. The number of aliphatic hydroxyl groups excluding tert-OH is 1. The van der Waals surface area contributed by atoms with Crippen molar-refractivity contribution in [1.29, 1.82) is 0 Å².